The lowest BCUT2D eigenvalue weighted by Gasteiger charge is -2.23. The third-order valence-electron chi connectivity index (χ3n) is 4.96. The molecule has 34 heavy (non-hydrogen) atoms. The number of hydrogen-bond donors (Lipinski definition) is 1. The number of thiophene rings is 1. The Hall–Kier alpha value is -3.52. The van der Waals surface area contributed by atoms with E-state index in [-0.39, 0.29) is 17.9 Å². The van der Waals surface area contributed by atoms with Crippen molar-refractivity contribution in [2.45, 2.75) is 45.6 Å². The Balaban J connectivity index is 2.03. The molecule has 1 unspecified atom stereocenters. The Morgan fingerprint density at radius 2 is 1.88 bits per heavy atom. The Kier molecular flexibility index (Phi) is 7.83. The summed E-state index contributed by atoms with van der Waals surface area (Å²) in [6.07, 6.45) is -0.377. The normalized spacial score (nSPS) is 12.0. The zero-order chi connectivity index (χ0) is 24.9. The zero-order valence-electron chi connectivity index (χ0n) is 19.9. The van der Waals surface area contributed by atoms with Crippen molar-refractivity contribution < 1.29 is 23.9 Å². The number of methoxy groups -OCH3 is 1. The highest BCUT2D eigenvalue weighted by molar-refractivity contribution is 7.08. The zero-order valence-corrected chi connectivity index (χ0v) is 20.7. The van der Waals surface area contributed by atoms with E-state index in [9.17, 15) is 14.4 Å². The summed E-state index contributed by atoms with van der Waals surface area (Å²) in [6.45, 7) is 7.26. The second kappa shape index (κ2) is 10.6. The monoisotopic (exact) mass is 480 g/mol. The van der Waals surface area contributed by atoms with Gasteiger partial charge in [0.25, 0.3) is 0 Å². The summed E-state index contributed by atoms with van der Waals surface area (Å²) < 4.78 is 10.2. The maximum absolute atomic E-state index is 13.6. The SMILES string of the molecule is COC(=O)c1cccc(CC(C(=O)c2ccsc2)c2ccc(C)cc2NC(=O)OC(C)(C)C)n1. The largest absolute Gasteiger partial charge is 0.464 e. The Labute approximate surface area is 203 Å². The number of aromatic nitrogens is 1. The van der Waals surface area contributed by atoms with E-state index in [1.807, 2.05) is 30.5 Å². The van der Waals surface area contributed by atoms with Gasteiger partial charge in [-0.15, -0.1) is 0 Å². The van der Waals surface area contributed by atoms with Gasteiger partial charge in [-0.1, -0.05) is 18.2 Å². The Morgan fingerprint density at radius 1 is 1.12 bits per heavy atom. The number of hydrogen-bond acceptors (Lipinski definition) is 7. The van der Waals surface area contributed by atoms with Gasteiger partial charge < -0.3 is 9.47 Å². The smallest absolute Gasteiger partial charge is 0.412 e. The van der Waals surface area contributed by atoms with Crippen LogP contribution < -0.4 is 5.32 Å². The summed E-state index contributed by atoms with van der Waals surface area (Å²) in [6, 6.07) is 12.3. The molecule has 1 amide bonds. The standard InChI is InChI=1S/C26H28N2O5S/c1-16-9-10-19(22(13-16)28-25(31)33-26(2,3)4)20(23(29)17-11-12-34-15-17)14-18-7-6-8-21(27-18)24(30)32-5/h6-13,15,20H,14H2,1-5H3,(H,28,31). The van der Waals surface area contributed by atoms with Gasteiger partial charge in [-0.25, -0.2) is 14.6 Å². The van der Waals surface area contributed by atoms with E-state index < -0.39 is 23.6 Å². The van der Waals surface area contributed by atoms with Crippen LogP contribution in [0.3, 0.4) is 0 Å². The van der Waals surface area contributed by atoms with Crippen LogP contribution in [-0.2, 0) is 15.9 Å². The molecule has 8 heteroatoms. The molecule has 0 bridgehead atoms. The maximum Gasteiger partial charge on any atom is 0.412 e. The first-order valence-electron chi connectivity index (χ1n) is 10.8. The second-order valence-corrected chi connectivity index (χ2v) is 9.64. The number of pyridine rings is 1. The average Bonchev–Trinajstić information content (AvgIpc) is 3.31. The number of rotatable bonds is 7. The summed E-state index contributed by atoms with van der Waals surface area (Å²) >= 11 is 1.43. The van der Waals surface area contributed by atoms with Crippen molar-refractivity contribution in [2.75, 3.05) is 12.4 Å². The van der Waals surface area contributed by atoms with Crippen LogP contribution in [0.15, 0.2) is 53.2 Å². The number of carbonyl (C=O) groups is 3. The molecule has 178 valence electrons. The van der Waals surface area contributed by atoms with E-state index in [0.29, 0.717) is 22.5 Å². The van der Waals surface area contributed by atoms with Gasteiger partial charge in [0.1, 0.15) is 11.3 Å². The number of benzene rings is 1. The number of amides is 1. The summed E-state index contributed by atoms with van der Waals surface area (Å²) in [7, 11) is 1.29. The number of nitrogens with zero attached hydrogens (tertiary/aromatic N) is 1. The molecule has 0 aliphatic heterocycles. The first kappa shape index (κ1) is 25.1. The quantitative estimate of drug-likeness (QED) is 0.340. The Bertz CT molecular complexity index is 1180. The molecule has 3 aromatic rings. The van der Waals surface area contributed by atoms with Crippen LogP contribution in [-0.4, -0.2) is 35.5 Å². The highest BCUT2D eigenvalue weighted by atomic mass is 32.1. The molecule has 1 aromatic carbocycles. The fourth-order valence-electron chi connectivity index (χ4n) is 3.47. The summed E-state index contributed by atoms with van der Waals surface area (Å²) in [5.41, 5.74) is 2.67. The summed E-state index contributed by atoms with van der Waals surface area (Å²) in [5, 5.41) is 6.44. The molecule has 0 fully saturated rings. The van der Waals surface area contributed by atoms with Crippen LogP contribution in [0, 0.1) is 6.92 Å². The van der Waals surface area contributed by atoms with Crippen LogP contribution >= 0.6 is 11.3 Å². The summed E-state index contributed by atoms with van der Waals surface area (Å²) in [5.74, 6) is -1.31. The van der Waals surface area contributed by atoms with E-state index in [1.54, 1.807) is 50.4 Å². The lowest BCUT2D eigenvalue weighted by Crippen LogP contribution is -2.28. The van der Waals surface area contributed by atoms with Gasteiger partial charge >= 0.3 is 12.1 Å². The van der Waals surface area contributed by atoms with Crippen molar-refractivity contribution >= 4 is 34.9 Å². The predicted octanol–water partition coefficient (Wildman–Crippen LogP) is 5.79. The number of esters is 1. The fourth-order valence-corrected chi connectivity index (χ4v) is 4.11. The molecule has 0 saturated carbocycles. The van der Waals surface area contributed by atoms with Crippen LogP contribution in [0.4, 0.5) is 10.5 Å². The molecule has 1 atom stereocenters. The lowest BCUT2D eigenvalue weighted by atomic mass is 9.86. The van der Waals surface area contributed by atoms with Crippen molar-refractivity contribution in [1.29, 1.82) is 0 Å². The first-order chi connectivity index (χ1) is 16.1. The maximum atomic E-state index is 13.6. The topological polar surface area (TPSA) is 94.6 Å². The third kappa shape index (κ3) is 6.51. The second-order valence-electron chi connectivity index (χ2n) is 8.86. The number of Topliss-reactive ketones (excluding diaryl/α,β-unsaturated/α-hetero) is 1. The molecule has 0 aliphatic carbocycles. The predicted molar refractivity (Wildman–Crippen MR) is 132 cm³/mol. The number of aryl methyl sites for hydroxylation is 1. The molecule has 7 nitrogen and oxygen atoms in total. The molecule has 3 rings (SSSR count). The van der Waals surface area contributed by atoms with E-state index in [1.165, 1.54) is 18.4 Å². The molecular weight excluding hydrogens is 452 g/mol. The molecule has 0 radical (unpaired) electrons. The Morgan fingerprint density at radius 3 is 2.53 bits per heavy atom. The van der Waals surface area contributed by atoms with Gasteiger partial charge in [0.05, 0.1) is 13.0 Å². The first-order valence-corrected chi connectivity index (χ1v) is 11.7. The van der Waals surface area contributed by atoms with Crippen molar-refractivity contribution in [3.05, 3.63) is 81.3 Å². The number of ketones is 1. The average molecular weight is 481 g/mol. The van der Waals surface area contributed by atoms with Gasteiger partial charge in [0.15, 0.2) is 5.78 Å². The molecule has 2 aromatic heterocycles. The molecule has 0 aliphatic rings. The third-order valence-corrected chi connectivity index (χ3v) is 5.64. The van der Waals surface area contributed by atoms with Crippen molar-refractivity contribution in [1.82, 2.24) is 4.98 Å². The van der Waals surface area contributed by atoms with Crippen molar-refractivity contribution in [2.24, 2.45) is 0 Å². The minimum atomic E-state index is -0.668. The van der Waals surface area contributed by atoms with Crippen LogP contribution in [0.25, 0.3) is 0 Å². The fraction of sp³-hybridized carbons (Fsp3) is 0.308. The molecule has 0 saturated heterocycles. The van der Waals surface area contributed by atoms with E-state index >= 15 is 0 Å². The number of anilines is 1. The van der Waals surface area contributed by atoms with Gasteiger partial charge in [-0.3, -0.25) is 10.1 Å². The minimum absolute atomic E-state index is 0.109. The van der Waals surface area contributed by atoms with Crippen LogP contribution in [0.2, 0.25) is 0 Å². The summed E-state index contributed by atoms with van der Waals surface area (Å²) in [4.78, 5) is 42.5. The highest BCUT2D eigenvalue weighted by Crippen LogP contribution is 2.32. The minimum Gasteiger partial charge on any atom is -0.464 e. The van der Waals surface area contributed by atoms with E-state index in [4.69, 9.17) is 9.47 Å². The van der Waals surface area contributed by atoms with Crippen molar-refractivity contribution in [3.8, 4) is 0 Å². The lowest BCUT2D eigenvalue weighted by molar-refractivity contribution is 0.0591. The van der Waals surface area contributed by atoms with Crippen LogP contribution in [0.1, 0.15) is 64.4 Å². The van der Waals surface area contributed by atoms with Gasteiger partial charge in [-0.2, -0.15) is 11.3 Å². The number of ether oxygens (including phenoxy) is 2. The van der Waals surface area contributed by atoms with Gasteiger partial charge in [0, 0.05) is 28.7 Å². The van der Waals surface area contributed by atoms with Gasteiger partial charge in [-0.05, 0) is 68.5 Å². The number of nitrogens with one attached hydrogen (secondary N) is 1. The molecular formula is C26H28N2O5S. The van der Waals surface area contributed by atoms with Crippen molar-refractivity contribution in [3.63, 3.8) is 0 Å². The van der Waals surface area contributed by atoms with E-state index in [2.05, 4.69) is 10.3 Å². The van der Waals surface area contributed by atoms with Gasteiger partial charge in [0.2, 0.25) is 0 Å². The molecule has 2 heterocycles. The number of carbonyl (C=O) groups excluding carboxylic acids is 3. The highest BCUT2D eigenvalue weighted by Gasteiger charge is 2.27. The molecule has 1 N–H and O–H groups in total. The van der Waals surface area contributed by atoms with E-state index in [0.717, 1.165) is 5.56 Å². The van der Waals surface area contributed by atoms with Crippen LogP contribution in [0.5, 0.6) is 0 Å². The molecule has 0 spiro atoms.